The molecular weight excluding hydrogens is 640 g/mol. The Morgan fingerprint density at radius 3 is 2.10 bits per heavy atom. The van der Waals surface area contributed by atoms with Gasteiger partial charge >= 0.3 is 17.9 Å². The van der Waals surface area contributed by atoms with E-state index in [1.165, 1.54) is 6.08 Å². The molecule has 6 rings (SSSR count). The van der Waals surface area contributed by atoms with Gasteiger partial charge in [-0.05, 0) is 60.6 Å². The second-order valence-electron chi connectivity index (χ2n) is 15.2. The fourth-order valence-electron chi connectivity index (χ4n) is 9.08. The number of hydrogen-bond acceptors (Lipinski definition) is 10. The lowest BCUT2D eigenvalue weighted by atomic mass is 9.58. The Morgan fingerprint density at radius 1 is 0.960 bits per heavy atom. The molecule has 1 spiro atoms. The van der Waals surface area contributed by atoms with E-state index in [9.17, 15) is 29.7 Å². The van der Waals surface area contributed by atoms with Crippen LogP contribution in [0.1, 0.15) is 68.7 Å². The van der Waals surface area contributed by atoms with Gasteiger partial charge in [-0.1, -0.05) is 83.2 Å². The molecule has 10 nitrogen and oxygen atoms in total. The maximum atomic E-state index is 15.2. The fourth-order valence-corrected chi connectivity index (χ4v) is 9.08. The summed E-state index contributed by atoms with van der Waals surface area (Å²) in [5.74, 6) is -5.43. The minimum Gasteiger partial charge on any atom is -0.461 e. The first kappa shape index (κ1) is 35.7. The maximum absolute atomic E-state index is 15.2. The Balaban J connectivity index is 1.46. The number of carbonyl (C=O) groups excluding carboxylic acids is 4. The molecule has 0 unspecified atom stereocenters. The highest BCUT2D eigenvalue weighted by Gasteiger charge is 2.85. The average Bonchev–Trinajstić information content (AvgIpc) is 3.55. The molecule has 2 aromatic carbocycles. The molecule has 2 fully saturated rings. The van der Waals surface area contributed by atoms with Crippen LogP contribution in [0.5, 0.6) is 0 Å². The van der Waals surface area contributed by atoms with Gasteiger partial charge in [0.05, 0.1) is 29.1 Å². The van der Waals surface area contributed by atoms with E-state index >= 15 is 4.79 Å². The van der Waals surface area contributed by atoms with E-state index in [0.29, 0.717) is 11.1 Å². The van der Waals surface area contributed by atoms with Crippen LogP contribution in [0.15, 0.2) is 84.0 Å². The second kappa shape index (κ2) is 12.6. The van der Waals surface area contributed by atoms with Crippen LogP contribution in [0, 0.1) is 40.4 Å². The molecule has 2 bridgehead atoms. The molecule has 0 aromatic heterocycles. The van der Waals surface area contributed by atoms with Gasteiger partial charge in [-0.15, -0.1) is 0 Å². The number of aliphatic hydroxyl groups is 3. The van der Waals surface area contributed by atoms with E-state index in [2.05, 4.69) is 0 Å². The highest BCUT2D eigenvalue weighted by molar-refractivity contribution is 5.96. The average molecular weight is 687 g/mol. The quantitative estimate of drug-likeness (QED) is 0.195. The van der Waals surface area contributed by atoms with Crippen LogP contribution in [0.4, 0.5) is 0 Å². The summed E-state index contributed by atoms with van der Waals surface area (Å²) in [5.41, 5.74) is -5.71. The zero-order valence-corrected chi connectivity index (χ0v) is 29.3. The first-order valence-corrected chi connectivity index (χ1v) is 17.3. The van der Waals surface area contributed by atoms with Gasteiger partial charge in [0, 0.05) is 17.3 Å². The summed E-state index contributed by atoms with van der Waals surface area (Å²) in [5, 5.41) is 35.5. The molecule has 3 N–H and O–H groups in total. The first-order chi connectivity index (χ1) is 23.6. The molecule has 0 heterocycles. The Morgan fingerprint density at radius 2 is 1.54 bits per heavy atom. The highest BCUT2D eigenvalue weighted by Crippen LogP contribution is 2.75. The van der Waals surface area contributed by atoms with Crippen molar-refractivity contribution >= 4 is 23.7 Å². The summed E-state index contributed by atoms with van der Waals surface area (Å²) in [6, 6.07) is 16.7. The van der Waals surface area contributed by atoms with Gasteiger partial charge in [0.1, 0.15) is 18.3 Å². The predicted octanol–water partition coefficient (Wildman–Crippen LogP) is 4.47. The van der Waals surface area contributed by atoms with Gasteiger partial charge < -0.3 is 29.5 Å². The van der Waals surface area contributed by atoms with Crippen molar-refractivity contribution < 1.29 is 48.7 Å². The predicted molar refractivity (Wildman–Crippen MR) is 181 cm³/mol. The third-order valence-corrected chi connectivity index (χ3v) is 12.2. The summed E-state index contributed by atoms with van der Waals surface area (Å²) in [6.45, 7) is 9.90. The van der Waals surface area contributed by atoms with Crippen LogP contribution in [0.2, 0.25) is 0 Å². The van der Waals surface area contributed by atoms with Crippen molar-refractivity contribution in [2.45, 2.75) is 71.4 Å². The third-order valence-electron chi connectivity index (χ3n) is 12.2. The van der Waals surface area contributed by atoms with Crippen molar-refractivity contribution in [2.75, 3.05) is 13.2 Å². The van der Waals surface area contributed by atoms with Crippen molar-refractivity contribution in [2.24, 2.45) is 40.4 Å². The monoisotopic (exact) mass is 686 g/mol. The van der Waals surface area contributed by atoms with Crippen LogP contribution in [-0.4, -0.2) is 75.6 Å². The number of Topliss-reactive ketones (excluding diaryl/α,β-unsaturated/α-hetero) is 1. The molecule has 0 radical (unpaired) electrons. The lowest BCUT2D eigenvalue weighted by Gasteiger charge is -2.49. The lowest BCUT2D eigenvalue weighted by molar-refractivity contribution is -0.193. The van der Waals surface area contributed by atoms with Gasteiger partial charge in [0.25, 0.3) is 0 Å². The molecule has 2 aromatic rings. The number of ether oxygens (including phenoxy) is 3. The van der Waals surface area contributed by atoms with Crippen LogP contribution in [0.3, 0.4) is 0 Å². The first-order valence-electron chi connectivity index (χ1n) is 17.3. The number of esters is 3. The third kappa shape index (κ3) is 5.01. The zero-order valence-electron chi connectivity index (χ0n) is 29.3. The van der Waals surface area contributed by atoms with Crippen LogP contribution < -0.4 is 0 Å². The molecule has 4 aliphatic carbocycles. The van der Waals surface area contributed by atoms with Crippen molar-refractivity contribution in [3.8, 4) is 0 Å². The molecule has 50 heavy (non-hydrogen) atoms. The van der Waals surface area contributed by atoms with Gasteiger partial charge in [-0.2, -0.15) is 0 Å². The number of hydrogen-bond donors (Lipinski definition) is 3. The minimum absolute atomic E-state index is 0.0306. The molecule has 0 amide bonds. The summed E-state index contributed by atoms with van der Waals surface area (Å²) in [6.07, 6.45) is -0.125. The van der Waals surface area contributed by atoms with Crippen molar-refractivity contribution in [1.29, 1.82) is 0 Å². The van der Waals surface area contributed by atoms with E-state index in [1.54, 1.807) is 87.5 Å². The summed E-state index contributed by atoms with van der Waals surface area (Å²) < 4.78 is 18.3. The van der Waals surface area contributed by atoms with Gasteiger partial charge in [0.15, 0.2) is 17.5 Å². The maximum Gasteiger partial charge on any atom is 0.338 e. The van der Waals surface area contributed by atoms with Crippen molar-refractivity contribution in [3.63, 3.8) is 0 Å². The van der Waals surface area contributed by atoms with Crippen molar-refractivity contribution in [3.05, 3.63) is 95.1 Å². The van der Waals surface area contributed by atoms with Gasteiger partial charge in [-0.3, -0.25) is 9.59 Å². The molecule has 4 aliphatic rings. The van der Waals surface area contributed by atoms with Gasteiger partial charge in [-0.25, -0.2) is 9.59 Å². The van der Waals surface area contributed by atoms with E-state index < -0.39 is 88.2 Å². The molecular formula is C40H46O10. The second-order valence-corrected chi connectivity index (χ2v) is 15.2. The number of ketones is 1. The minimum atomic E-state index is -2.41. The fraction of sp³-hybridized carbons (Fsp3) is 0.500. The number of aliphatic hydroxyl groups excluding tert-OH is 2. The number of rotatable bonds is 9. The van der Waals surface area contributed by atoms with E-state index in [1.807, 2.05) is 20.8 Å². The normalized spacial score (nSPS) is 36.1. The zero-order chi connectivity index (χ0) is 36.4. The smallest absolute Gasteiger partial charge is 0.338 e. The standard InChI is InChI=1S/C40H46O10/c1-22(2)25(5)34(44)50-39-19-24(4)38-18-23(3)33(49-36(46)27-15-11-8-12-16-27)40(38,47)31(42)28(20-41)17-29(32(38)43)30(39)37(39,6)21-48-35(45)26-13-9-7-10-14-26/h7-18,22,24-25,29-31,33,41-42,47H,19-21H2,1-6H3/t24-,25-,29+,30-,31-,33+,37+,38+,39+,40+/m1/s1. The Kier molecular flexibility index (Phi) is 8.98. The number of carbonyl (C=O) groups is 4. The van der Waals surface area contributed by atoms with Gasteiger partial charge in [0.2, 0.25) is 0 Å². The Bertz CT molecular complexity index is 1750. The lowest BCUT2D eigenvalue weighted by Crippen LogP contribution is -2.66. The molecule has 10 heteroatoms. The SMILES string of the molecule is CC1=C[C@]23C(=O)[C@@H](C=C(CO)[C@@H](O)[C@]2(O)[C@H]1OC(=O)c1ccccc1)[C@@H]1[C@](C)(COC(=O)c2ccccc2)[C@]1(OC(=O)[C@H](C)C(C)C)C[C@H]3C. The van der Waals surface area contributed by atoms with Crippen molar-refractivity contribution in [1.82, 2.24) is 0 Å². The Labute approximate surface area is 292 Å². The van der Waals surface area contributed by atoms with E-state index in [0.717, 1.165) is 0 Å². The molecule has 2 saturated carbocycles. The number of allylic oxidation sites excluding steroid dienone is 1. The number of benzene rings is 2. The topological polar surface area (TPSA) is 157 Å². The van der Waals surface area contributed by atoms with Crippen LogP contribution in [-0.2, 0) is 23.8 Å². The summed E-state index contributed by atoms with van der Waals surface area (Å²) in [4.78, 5) is 55.6. The molecule has 10 atom stereocenters. The summed E-state index contributed by atoms with van der Waals surface area (Å²) >= 11 is 0. The summed E-state index contributed by atoms with van der Waals surface area (Å²) in [7, 11) is 0. The molecule has 266 valence electrons. The Hall–Kier alpha value is -4.12. The van der Waals surface area contributed by atoms with Crippen LogP contribution >= 0.6 is 0 Å². The molecule has 0 aliphatic heterocycles. The number of fused-ring (bicyclic) bond motifs is 3. The van der Waals surface area contributed by atoms with E-state index in [-0.39, 0.29) is 30.1 Å². The van der Waals surface area contributed by atoms with E-state index in [4.69, 9.17) is 14.2 Å². The van der Waals surface area contributed by atoms with Crippen LogP contribution in [0.25, 0.3) is 0 Å². The highest BCUT2D eigenvalue weighted by atomic mass is 16.6. The molecule has 0 saturated heterocycles. The largest absolute Gasteiger partial charge is 0.461 e.